The fourth-order valence-electron chi connectivity index (χ4n) is 3.31. The van der Waals surface area contributed by atoms with Crippen LogP contribution < -0.4 is 25.8 Å². The van der Waals surface area contributed by atoms with Crippen molar-refractivity contribution in [3.63, 3.8) is 0 Å². The molecule has 4 N–H and O–H groups in total. The van der Waals surface area contributed by atoms with Gasteiger partial charge in [-0.15, -0.1) is 0 Å². The second-order valence-corrected chi connectivity index (χ2v) is 7.00. The van der Waals surface area contributed by atoms with E-state index in [1.54, 1.807) is 25.1 Å². The average Bonchev–Trinajstić information content (AvgIpc) is 3.27. The molecule has 2 aliphatic rings. The number of benzene rings is 2. The molecule has 0 spiro atoms. The molecule has 1 saturated heterocycles. The van der Waals surface area contributed by atoms with Crippen LogP contribution in [0, 0.1) is 0 Å². The van der Waals surface area contributed by atoms with Crippen LogP contribution in [0.2, 0.25) is 0 Å². The van der Waals surface area contributed by atoms with Crippen LogP contribution in [-0.4, -0.2) is 42.0 Å². The van der Waals surface area contributed by atoms with Gasteiger partial charge in [0.15, 0.2) is 11.5 Å². The van der Waals surface area contributed by atoms with Gasteiger partial charge in [-0.05, 0) is 48.9 Å². The van der Waals surface area contributed by atoms with Gasteiger partial charge in [-0.25, -0.2) is 4.79 Å². The summed E-state index contributed by atoms with van der Waals surface area (Å²) in [7, 11) is 0. The lowest BCUT2D eigenvalue weighted by Gasteiger charge is -2.22. The van der Waals surface area contributed by atoms with Gasteiger partial charge in [-0.1, -0.05) is 6.07 Å². The summed E-state index contributed by atoms with van der Waals surface area (Å²) in [5, 5.41) is 5.21. The molecule has 1 fully saturated rings. The molecule has 2 aliphatic heterocycles. The minimum absolute atomic E-state index is 0.0858. The Balaban J connectivity index is 1.47. The van der Waals surface area contributed by atoms with Crippen molar-refractivity contribution < 1.29 is 28.7 Å². The van der Waals surface area contributed by atoms with Crippen LogP contribution in [0.3, 0.4) is 0 Å². The first kappa shape index (κ1) is 19.2. The van der Waals surface area contributed by atoms with E-state index in [1.165, 1.54) is 24.3 Å². The second kappa shape index (κ2) is 7.07. The van der Waals surface area contributed by atoms with E-state index in [1.807, 2.05) is 0 Å². The Hall–Kier alpha value is -4.08. The summed E-state index contributed by atoms with van der Waals surface area (Å²) in [6.07, 6.45) is 0. The Kier molecular flexibility index (Phi) is 4.53. The first-order valence-electron chi connectivity index (χ1n) is 9.02. The summed E-state index contributed by atoms with van der Waals surface area (Å²) in [4.78, 5) is 49.7. The summed E-state index contributed by atoms with van der Waals surface area (Å²) >= 11 is 0. The molecular formula is C20H18N4O6. The summed E-state index contributed by atoms with van der Waals surface area (Å²) in [5.41, 5.74) is 5.03. The zero-order chi connectivity index (χ0) is 21.5. The number of primary amides is 1. The van der Waals surface area contributed by atoms with Gasteiger partial charge in [-0.3, -0.25) is 19.3 Å². The number of anilines is 1. The maximum absolute atomic E-state index is 13.0. The third kappa shape index (κ3) is 3.28. The van der Waals surface area contributed by atoms with Crippen LogP contribution in [0.25, 0.3) is 0 Å². The van der Waals surface area contributed by atoms with E-state index in [0.717, 1.165) is 4.90 Å². The van der Waals surface area contributed by atoms with E-state index in [0.29, 0.717) is 28.3 Å². The minimum Gasteiger partial charge on any atom is -0.454 e. The van der Waals surface area contributed by atoms with Crippen molar-refractivity contribution in [1.82, 2.24) is 10.2 Å². The van der Waals surface area contributed by atoms with Gasteiger partial charge in [0, 0.05) is 11.3 Å². The van der Waals surface area contributed by atoms with Gasteiger partial charge in [0.05, 0.1) is 0 Å². The van der Waals surface area contributed by atoms with Crippen LogP contribution in [0.4, 0.5) is 10.5 Å². The van der Waals surface area contributed by atoms with Gasteiger partial charge in [0.1, 0.15) is 12.1 Å². The van der Waals surface area contributed by atoms with Crippen molar-refractivity contribution >= 4 is 29.4 Å². The zero-order valence-corrected chi connectivity index (χ0v) is 15.9. The Morgan fingerprint density at radius 1 is 1.13 bits per heavy atom. The van der Waals surface area contributed by atoms with E-state index >= 15 is 0 Å². The highest BCUT2D eigenvalue weighted by molar-refractivity contribution is 6.10. The molecule has 10 heteroatoms. The summed E-state index contributed by atoms with van der Waals surface area (Å²) in [5.74, 6) is -0.690. The van der Waals surface area contributed by atoms with Gasteiger partial charge in [0.2, 0.25) is 18.6 Å². The number of ether oxygens (including phenoxy) is 2. The lowest BCUT2D eigenvalue weighted by atomic mass is 9.91. The number of nitrogens with two attached hydrogens (primary N) is 1. The maximum Gasteiger partial charge on any atom is 0.325 e. The predicted octanol–water partition coefficient (Wildman–Crippen LogP) is 0.920. The summed E-state index contributed by atoms with van der Waals surface area (Å²) in [6, 6.07) is 10.2. The highest BCUT2D eigenvalue weighted by Crippen LogP contribution is 2.37. The number of hydrogen-bond donors (Lipinski definition) is 3. The standard InChI is InChI=1S/C20H18N4O6/c1-20(12-4-7-14-15(8-12)30-10-29-14)18(27)24(19(28)23-20)9-16(25)22-13-5-2-11(3-6-13)17(21)26/h2-8H,9-10H2,1H3,(H2,21,26)(H,22,25)(H,23,28). The molecule has 5 amide bonds. The number of amides is 5. The van der Waals surface area contributed by atoms with E-state index in [9.17, 15) is 19.2 Å². The highest BCUT2D eigenvalue weighted by Gasteiger charge is 2.49. The molecule has 2 aromatic rings. The first-order chi connectivity index (χ1) is 14.3. The lowest BCUT2D eigenvalue weighted by Crippen LogP contribution is -2.42. The maximum atomic E-state index is 13.0. The smallest absolute Gasteiger partial charge is 0.325 e. The lowest BCUT2D eigenvalue weighted by molar-refractivity contribution is -0.133. The van der Waals surface area contributed by atoms with Crippen LogP contribution in [0.5, 0.6) is 11.5 Å². The SMILES string of the molecule is CC1(c2ccc3c(c2)OCO3)NC(=O)N(CC(=O)Nc2ccc(C(N)=O)cc2)C1=O. The average molecular weight is 410 g/mol. The Labute approximate surface area is 170 Å². The third-order valence-electron chi connectivity index (χ3n) is 4.98. The van der Waals surface area contributed by atoms with E-state index in [-0.39, 0.29) is 6.79 Å². The fourth-order valence-corrected chi connectivity index (χ4v) is 3.31. The van der Waals surface area contributed by atoms with Crippen LogP contribution >= 0.6 is 0 Å². The molecule has 1 atom stereocenters. The molecule has 30 heavy (non-hydrogen) atoms. The largest absolute Gasteiger partial charge is 0.454 e. The van der Waals surface area contributed by atoms with Gasteiger partial charge in [-0.2, -0.15) is 0 Å². The van der Waals surface area contributed by atoms with Crippen molar-refractivity contribution in [3.8, 4) is 11.5 Å². The van der Waals surface area contributed by atoms with Crippen LogP contribution in [0.1, 0.15) is 22.8 Å². The highest BCUT2D eigenvalue weighted by atomic mass is 16.7. The molecule has 0 aliphatic carbocycles. The van der Waals surface area contributed by atoms with Crippen molar-refractivity contribution in [1.29, 1.82) is 0 Å². The molecule has 2 heterocycles. The number of carbonyl (C=O) groups is 4. The Bertz CT molecular complexity index is 1070. The van der Waals surface area contributed by atoms with Crippen LogP contribution in [0.15, 0.2) is 42.5 Å². The van der Waals surface area contributed by atoms with E-state index in [2.05, 4.69) is 10.6 Å². The molecule has 0 aromatic heterocycles. The quantitative estimate of drug-likeness (QED) is 0.626. The van der Waals surface area contributed by atoms with E-state index in [4.69, 9.17) is 15.2 Å². The van der Waals surface area contributed by atoms with Gasteiger partial charge < -0.3 is 25.8 Å². The number of urea groups is 1. The van der Waals surface area contributed by atoms with Crippen LogP contribution in [-0.2, 0) is 15.1 Å². The normalized spacial score (nSPS) is 19.6. The molecule has 0 radical (unpaired) electrons. The zero-order valence-electron chi connectivity index (χ0n) is 15.9. The monoisotopic (exact) mass is 410 g/mol. The minimum atomic E-state index is -1.35. The molecule has 4 rings (SSSR count). The number of rotatable bonds is 5. The van der Waals surface area contributed by atoms with Crippen molar-refractivity contribution in [2.75, 3.05) is 18.7 Å². The van der Waals surface area contributed by atoms with Gasteiger partial charge >= 0.3 is 6.03 Å². The summed E-state index contributed by atoms with van der Waals surface area (Å²) in [6.45, 7) is 1.18. The van der Waals surface area contributed by atoms with Crippen molar-refractivity contribution in [3.05, 3.63) is 53.6 Å². The number of imide groups is 1. The number of hydrogen-bond acceptors (Lipinski definition) is 6. The van der Waals surface area contributed by atoms with E-state index < -0.39 is 35.8 Å². The topological polar surface area (TPSA) is 140 Å². The predicted molar refractivity (Wildman–Crippen MR) is 104 cm³/mol. The molecule has 10 nitrogen and oxygen atoms in total. The van der Waals surface area contributed by atoms with Gasteiger partial charge in [0.25, 0.3) is 5.91 Å². The Morgan fingerprint density at radius 3 is 2.53 bits per heavy atom. The number of fused-ring (bicyclic) bond motifs is 1. The molecular weight excluding hydrogens is 392 g/mol. The molecule has 0 bridgehead atoms. The molecule has 1 unspecified atom stereocenters. The number of nitrogens with zero attached hydrogens (tertiary/aromatic N) is 1. The fraction of sp³-hybridized carbons (Fsp3) is 0.200. The molecule has 0 saturated carbocycles. The first-order valence-corrected chi connectivity index (χ1v) is 9.02. The van der Waals surface area contributed by atoms with Crippen molar-refractivity contribution in [2.24, 2.45) is 5.73 Å². The molecule has 154 valence electrons. The third-order valence-corrected chi connectivity index (χ3v) is 4.98. The summed E-state index contributed by atoms with van der Waals surface area (Å²) < 4.78 is 10.6. The number of carbonyl (C=O) groups excluding carboxylic acids is 4. The Morgan fingerprint density at radius 2 is 1.83 bits per heavy atom. The number of nitrogens with one attached hydrogen (secondary N) is 2. The molecule has 2 aromatic carbocycles. The second-order valence-electron chi connectivity index (χ2n) is 7.00. The van der Waals surface area contributed by atoms with Crippen molar-refractivity contribution in [2.45, 2.75) is 12.5 Å².